The third kappa shape index (κ3) is 4.81. The van der Waals surface area contributed by atoms with Gasteiger partial charge in [0.2, 0.25) is 0 Å². The van der Waals surface area contributed by atoms with Gasteiger partial charge in [-0.3, -0.25) is 4.79 Å². The summed E-state index contributed by atoms with van der Waals surface area (Å²) in [6.07, 6.45) is -3.49. The number of hydrogen-bond donors (Lipinski definition) is 0. The first-order valence-electron chi connectivity index (χ1n) is 7.22. The van der Waals surface area contributed by atoms with E-state index in [2.05, 4.69) is 14.9 Å². The van der Waals surface area contributed by atoms with Gasteiger partial charge in [0.1, 0.15) is 11.4 Å². The molecule has 0 atom stereocenters. The van der Waals surface area contributed by atoms with Crippen LogP contribution >= 0.6 is 0 Å². The van der Waals surface area contributed by atoms with E-state index in [1.165, 1.54) is 0 Å². The fraction of sp³-hybridized carbons (Fsp3) is 0.167. The maximum Gasteiger partial charge on any atom is 0.311 e. The number of halogens is 2. The predicted octanol–water partition coefficient (Wildman–Crippen LogP) is 3.71. The molecule has 4 nitrogen and oxygen atoms in total. The highest BCUT2D eigenvalue weighted by molar-refractivity contribution is 6.13. The zero-order valence-electron chi connectivity index (χ0n) is 13.0. The second kappa shape index (κ2) is 8.67. The highest BCUT2D eigenvalue weighted by Crippen LogP contribution is 2.12. The largest absolute Gasteiger partial charge is 0.469 e. The maximum atomic E-state index is 13.0. The minimum atomic E-state index is -2.89. The van der Waals surface area contributed by atoms with E-state index in [1.807, 2.05) is 60.7 Å². The van der Waals surface area contributed by atoms with Gasteiger partial charge in [-0.05, 0) is 0 Å². The van der Waals surface area contributed by atoms with Gasteiger partial charge in [0, 0.05) is 11.1 Å². The van der Waals surface area contributed by atoms with E-state index in [-0.39, 0.29) is 0 Å². The monoisotopic (exact) mass is 330 g/mol. The van der Waals surface area contributed by atoms with Crippen molar-refractivity contribution < 1.29 is 18.3 Å². The Labute approximate surface area is 138 Å². The first kappa shape index (κ1) is 17.5. The molecule has 0 aromatic heterocycles. The number of alkyl halides is 2. The third-order valence-corrected chi connectivity index (χ3v) is 3.18. The number of esters is 1. The zero-order chi connectivity index (χ0) is 17.4. The first-order chi connectivity index (χ1) is 11.6. The summed E-state index contributed by atoms with van der Waals surface area (Å²) in [7, 11) is 1.13. The lowest BCUT2D eigenvalue weighted by Gasteiger charge is -2.06. The van der Waals surface area contributed by atoms with Crippen molar-refractivity contribution in [3.8, 4) is 0 Å². The quantitative estimate of drug-likeness (QED) is 0.460. The Morgan fingerprint density at radius 1 is 0.958 bits per heavy atom. The Kier molecular flexibility index (Phi) is 6.31. The molecule has 0 unspecified atom stereocenters. The lowest BCUT2D eigenvalue weighted by molar-refractivity contribution is -0.139. The topological polar surface area (TPSA) is 51.0 Å². The molecule has 0 aliphatic rings. The number of ether oxygens (including phenoxy) is 1. The summed E-state index contributed by atoms with van der Waals surface area (Å²) < 4.78 is 30.5. The van der Waals surface area contributed by atoms with Gasteiger partial charge >= 0.3 is 5.97 Å². The van der Waals surface area contributed by atoms with Crippen LogP contribution in [0.2, 0.25) is 0 Å². The molecule has 0 aliphatic heterocycles. The van der Waals surface area contributed by atoms with Crippen LogP contribution in [-0.4, -0.2) is 30.9 Å². The van der Waals surface area contributed by atoms with Crippen LogP contribution in [0.25, 0.3) is 0 Å². The van der Waals surface area contributed by atoms with Crippen molar-refractivity contribution in [2.75, 3.05) is 7.11 Å². The molecule has 0 spiro atoms. The van der Waals surface area contributed by atoms with Crippen LogP contribution in [0.1, 0.15) is 17.5 Å². The van der Waals surface area contributed by atoms with Gasteiger partial charge in [0.05, 0.1) is 13.5 Å². The summed E-state index contributed by atoms with van der Waals surface area (Å²) in [5.74, 6) is -0.787. The summed E-state index contributed by atoms with van der Waals surface area (Å²) in [4.78, 5) is 11.2. The van der Waals surface area contributed by atoms with Crippen molar-refractivity contribution in [2.24, 2.45) is 10.2 Å². The number of carbonyl (C=O) groups is 1. The van der Waals surface area contributed by atoms with Crippen LogP contribution in [0.15, 0.2) is 70.9 Å². The van der Waals surface area contributed by atoms with Crippen LogP contribution in [0, 0.1) is 0 Å². The zero-order valence-corrected chi connectivity index (χ0v) is 13.0. The highest BCUT2D eigenvalue weighted by atomic mass is 19.3. The Bertz CT molecular complexity index is 688. The summed E-state index contributed by atoms with van der Waals surface area (Å²) in [6, 6.07) is 18.2. The van der Waals surface area contributed by atoms with Crippen molar-refractivity contribution in [3.05, 3.63) is 71.8 Å². The number of methoxy groups -OCH3 is 1. The molecule has 2 aromatic carbocycles. The maximum absolute atomic E-state index is 13.0. The van der Waals surface area contributed by atoms with E-state index < -0.39 is 24.5 Å². The average Bonchev–Trinajstić information content (AvgIpc) is 2.62. The van der Waals surface area contributed by atoms with Gasteiger partial charge in [-0.25, -0.2) is 8.78 Å². The normalized spacial score (nSPS) is 11.2. The standard InChI is InChI=1S/C18H16F2N2O2/c1-24-16(23)12-15(18(19)20)21-22-17(13-8-4-2-5-9-13)14-10-6-3-7-11-14/h2-11,18H,12H2,1H3. The first-order valence-corrected chi connectivity index (χ1v) is 7.22. The van der Waals surface area contributed by atoms with Crippen molar-refractivity contribution in [3.63, 3.8) is 0 Å². The molecule has 124 valence electrons. The molecule has 6 heteroatoms. The van der Waals surface area contributed by atoms with E-state index in [4.69, 9.17) is 0 Å². The lowest BCUT2D eigenvalue weighted by Crippen LogP contribution is -2.17. The van der Waals surface area contributed by atoms with E-state index in [1.54, 1.807) is 0 Å². The molecule has 2 aromatic rings. The fourth-order valence-corrected chi connectivity index (χ4v) is 1.96. The van der Waals surface area contributed by atoms with Gasteiger partial charge < -0.3 is 4.74 Å². The molecule has 0 N–H and O–H groups in total. The van der Waals surface area contributed by atoms with Gasteiger partial charge in [0.15, 0.2) is 0 Å². The van der Waals surface area contributed by atoms with E-state index in [0.717, 1.165) is 18.2 Å². The molecule has 0 radical (unpaired) electrons. The third-order valence-electron chi connectivity index (χ3n) is 3.18. The van der Waals surface area contributed by atoms with E-state index in [9.17, 15) is 13.6 Å². The van der Waals surface area contributed by atoms with Crippen molar-refractivity contribution in [1.82, 2.24) is 0 Å². The van der Waals surface area contributed by atoms with Crippen LogP contribution in [-0.2, 0) is 9.53 Å². The molecule has 24 heavy (non-hydrogen) atoms. The summed E-state index contributed by atoms with van der Waals surface area (Å²) in [5.41, 5.74) is 1.28. The molecule has 0 amide bonds. The molecule has 0 saturated heterocycles. The van der Waals surface area contributed by atoms with Crippen molar-refractivity contribution >= 4 is 17.4 Å². The Balaban J connectivity index is 2.44. The van der Waals surface area contributed by atoms with Gasteiger partial charge in [-0.2, -0.15) is 5.10 Å². The van der Waals surface area contributed by atoms with E-state index in [0.29, 0.717) is 5.71 Å². The van der Waals surface area contributed by atoms with Gasteiger partial charge in [0.25, 0.3) is 6.43 Å². The summed E-state index contributed by atoms with van der Waals surface area (Å²) in [6.45, 7) is 0. The second-order valence-electron chi connectivity index (χ2n) is 4.83. The van der Waals surface area contributed by atoms with Crippen LogP contribution in [0.3, 0.4) is 0 Å². The average molecular weight is 330 g/mol. The number of rotatable bonds is 6. The van der Waals surface area contributed by atoms with Crippen molar-refractivity contribution in [2.45, 2.75) is 12.8 Å². The molecule has 0 bridgehead atoms. The molecular formula is C18H16F2N2O2. The molecule has 0 heterocycles. The smallest absolute Gasteiger partial charge is 0.311 e. The summed E-state index contributed by atoms with van der Waals surface area (Å²) >= 11 is 0. The van der Waals surface area contributed by atoms with E-state index >= 15 is 0 Å². The van der Waals surface area contributed by atoms with Crippen LogP contribution in [0.5, 0.6) is 0 Å². The molecule has 0 fully saturated rings. The van der Waals surface area contributed by atoms with Gasteiger partial charge in [-0.15, -0.1) is 5.10 Å². The minimum Gasteiger partial charge on any atom is -0.469 e. The SMILES string of the molecule is COC(=O)CC(=NN=C(c1ccccc1)c1ccccc1)C(F)F. The number of carbonyl (C=O) groups excluding carboxylic acids is 1. The van der Waals surface area contributed by atoms with Crippen molar-refractivity contribution in [1.29, 1.82) is 0 Å². The Hall–Kier alpha value is -2.89. The molecule has 2 rings (SSSR count). The minimum absolute atomic E-state index is 0.444. The number of hydrogen-bond acceptors (Lipinski definition) is 4. The molecular weight excluding hydrogens is 314 g/mol. The van der Waals surface area contributed by atoms with Gasteiger partial charge in [-0.1, -0.05) is 60.7 Å². The highest BCUT2D eigenvalue weighted by Gasteiger charge is 2.18. The van der Waals surface area contributed by atoms with Crippen LogP contribution in [0.4, 0.5) is 8.78 Å². The number of nitrogens with zero attached hydrogens (tertiary/aromatic N) is 2. The predicted molar refractivity (Wildman–Crippen MR) is 88.6 cm³/mol. The Morgan fingerprint density at radius 2 is 1.46 bits per heavy atom. The summed E-state index contributed by atoms with van der Waals surface area (Å²) in [5, 5.41) is 7.61. The van der Waals surface area contributed by atoms with Crippen LogP contribution < -0.4 is 0 Å². The Morgan fingerprint density at radius 3 is 1.88 bits per heavy atom. The second-order valence-corrected chi connectivity index (χ2v) is 4.83. The molecule has 0 saturated carbocycles. The molecule has 0 aliphatic carbocycles. The number of benzene rings is 2. The lowest BCUT2D eigenvalue weighted by atomic mass is 10.0. The fourth-order valence-electron chi connectivity index (χ4n) is 1.96.